The lowest BCUT2D eigenvalue weighted by Gasteiger charge is -2.07. The molecule has 0 atom stereocenters. The average Bonchev–Trinajstić information content (AvgIpc) is 2.91. The van der Waals surface area contributed by atoms with Gasteiger partial charge in [-0.25, -0.2) is 0 Å². The first-order valence-corrected chi connectivity index (χ1v) is 6.44. The molecule has 0 fully saturated rings. The molecule has 4 heteroatoms. The van der Waals surface area contributed by atoms with E-state index < -0.39 is 0 Å². The quantitative estimate of drug-likeness (QED) is 0.883. The number of hydrogen-bond acceptors (Lipinski definition) is 3. The van der Waals surface area contributed by atoms with Gasteiger partial charge in [-0.05, 0) is 12.5 Å². The maximum atomic E-state index is 5.58. The Morgan fingerprint density at radius 3 is 2.83 bits per heavy atom. The molecule has 18 heavy (non-hydrogen) atoms. The molecule has 0 aromatic carbocycles. The minimum absolute atomic E-state index is 0.447. The second kappa shape index (κ2) is 5.40. The van der Waals surface area contributed by atoms with Crippen LogP contribution in [0.2, 0.25) is 0 Å². The van der Waals surface area contributed by atoms with E-state index in [0.717, 1.165) is 30.0 Å². The molecule has 98 valence electrons. The van der Waals surface area contributed by atoms with Crippen LogP contribution in [0.5, 0.6) is 0 Å². The van der Waals surface area contributed by atoms with Crippen molar-refractivity contribution in [3.8, 4) is 11.1 Å². The Balaban J connectivity index is 2.30. The maximum absolute atomic E-state index is 5.58. The second-order valence-electron chi connectivity index (χ2n) is 4.81. The van der Waals surface area contributed by atoms with E-state index in [1.54, 1.807) is 6.26 Å². The summed E-state index contributed by atoms with van der Waals surface area (Å²) < 4.78 is 7.44. The Morgan fingerprint density at radius 1 is 1.39 bits per heavy atom. The molecule has 2 heterocycles. The maximum Gasteiger partial charge on any atom is 0.125 e. The van der Waals surface area contributed by atoms with E-state index in [9.17, 15) is 0 Å². The molecule has 0 radical (unpaired) electrons. The van der Waals surface area contributed by atoms with Gasteiger partial charge in [-0.1, -0.05) is 20.8 Å². The normalized spacial score (nSPS) is 11.4. The number of hydrogen-bond donors (Lipinski definition) is 1. The third-order valence-corrected chi connectivity index (χ3v) is 2.95. The second-order valence-corrected chi connectivity index (χ2v) is 4.81. The van der Waals surface area contributed by atoms with Gasteiger partial charge in [-0.15, -0.1) is 0 Å². The van der Waals surface area contributed by atoms with Crippen molar-refractivity contribution in [1.29, 1.82) is 0 Å². The van der Waals surface area contributed by atoms with E-state index in [-0.39, 0.29) is 0 Å². The van der Waals surface area contributed by atoms with Gasteiger partial charge in [0.25, 0.3) is 0 Å². The fourth-order valence-electron chi connectivity index (χ4n) is 2.03. The van der Waals surface area contributed by atoms with Gasteiger partial charge in [-0.3, -0.25) is 4.68 Å². The molecule has 0 saturated carbocycles. The predicted molar refractivity (Wildman–Crippen MR) is 72.3 cm³/mol. The first-order chi connectivity index (χ1) is 8.61. The first kappa shape index (κ1) is 12.9. The monoisotopic (exact) mass is 247 g/mol. The summed E-state index contributed by atoms with van der Waals surface area (Å²) in [6.07, 6.45) is 4.74. The van der Waals surface area contributed by atoms with Crippen LogP contribution in [-0.4, -0.2) is 15.8 Å². The van der Waals surface area contributed by atoms with Gasteiger partial charge in [0.05, 0.1) is 18.5 Å². The molecule has 2 aromatic heterocycles. The SMILES string of the molecule is CCc1nn(C)cc1-c1ccoc1CNC(C)C. The lowest BCUT2D eigenvalue weighted by Crippen LogP contribution is -2.21. The summed E-state index contributed by atoms with van der Waals surface area (Å²) in [6, 6.07) is 2.47. The van der Waals surface area contributed by atoms with E-state index in [1.165, 1.54) is 5.56 Å². The lowest BCUT2D eigenvalue weighted by molar-refractivity contribution is 0.466. The molecule has 0 aliphatic rings. The van der Waals surface area contributed by atoms with E-state index in [1.807, 2.05) is 17.8 Å². The number of aryl methyl sites for hydroxylation is 2. The smallest absolute Gasteiger partial charge is 0.125 e. The molecule has 0 amide bonds. The molecular weight excluding hydrogens is 226 g/mol. The standard InChI is InChI=1S/C14H21N3O/c1-5-13-12(9-17(4)16-13)11-6-7-18-14(11)8-15-10(2)3/h6-7,9-10,15H,5,8H2,1-4H3. The van der Waals surface area contributed by atoms with Gasteiger partial charge >= 0.3 is 0 Å². The Kier molecular flexibility index (Phi) is 3.87. The van der Waals surface area contributed by atoms with Crippen molar-refractivity contribution in [2.45, 2.75) is 39.8 Å². The Labute approximate surface area is 108 Å². The van der Waals surface area contributed by atoms with Gasteiger partial charge in [0.15, 0.2) is 0 Å². The fraction of sp³-hybridized carbons (Fsp3) is 0.500. The van der Waals surface area contributed by atoms with Gasteiger partial charge in [-0.2, -0.15) is 5.10 Å². The molecule has 4 nitrogen and oxygen atoms in total. The molecule has 2 aromatic rings. The summed E-state index contributed by atoms with van der Waals surface area (Å²) in [5, 5.41) is 7.86. The number of nitrogens with zero attached hydrogens (tertiary/aromatic N) is 2. The first-order valence-electron chi connectivity index (χ1n) is 6.44. The zero-order valence-corrected chi connectivity index (χ0v) is 11.5. The average molecular weight is 247 g/mol. The summed E-state index contributed by atoms with van der Waals surface area (Å²) in [6.45, 7) is 7.13. The van der Waals surface area contributed by atoms with E-state index in [4.69, 9.17) is 4.42 Å². The fourth-order valence-corrected chi connectivity index (χ4v) is 2.03. The lowest BCUT2D eigenvalue weighted by atomic mass is 10.1. The summed E-state index contributed by atoms with van der Waals surface area (Å²) >= 11 is 0. The zero-order valence-electron chi connectivity index (χ0n) is 11.5. The van der Waals surface area contributed by atoms with Crippen molar-refractivity contribution in [2.75, 3.05) is 0 Å². The van der Waals surface area contributed by atoms with E-state index in [2.05, 4.69) is 37.4 Å². The molecule has 0 spiro atoms. The Hall–Kier alpha value is -1.55. The summed E-state index contributed by atoms with van der Waals surface area (Å²) in [5.74, 6) is 0.978. The number of furan rings is 1. The van der Waals surface area contributed by atoms with Crippen LogP contribution in [0.1, 0.15) is 32.2 Å². The van der Waals surface area contributed by atoms with Gasteiger partial charge < -0.3 is 9.73 Å². The zero-order chi connectivity index (χ0) is 13.1. The highest BCUT2D eigenvalue weighted by Crippen LogP contribution is 2.27. The Morgan fingerprint density at radius 2 is 2.17 bits per heavy atom. The minimum atomic E-state index is 0.447. The molecule has 0 aliphatic heterocycles. The molecular formula is C14H21N3O. The molecule has 0 saturated heterocycles. The van der Waals surface area contributed by atoms with Crippen LogP contribution in [0.3, 0.4) is 0 Å². The van der Waals surface area contributed by atoms with E-state index >= 15 is 0 Å². The van der Waals surface area contributed by atoms with Gasteiger partial charge in [0.2, 0.25) is 0 Å². The van der Waals surface area contributed by atoms with Crippen LogP contribution in [0.4, 0.5) is 0 Å². The third kappa shape index (κ3) is 2.64. The van der Waals surface area contributed by atoms with Crippen LogP contribution in [-0.2, 0) is 20.0 Å². The van der Waals surface area contributed by atoms with Crippen molar-refractivity contribution >= 4 is 0 Å². The van der Waals surface area contributed by atoms with Crippen molar-refractivity contribution in [3.63, 3.8) is 0 Å². The highest BCUT2D eigenvalue weighted by Gasteiger charge is 2.14. The van der Waals surface area contributed by atoms with Gasteiger partial charge in [0.1, 0.15) is 5.76 Å². The minimum Gasteiger partial charge on any atom is -0.467 e. The van der Waals surface area contributed by atoms with Crippen LogP contribution < -0.4 is 5.32 Å². The van der Waals surface area contributed by atoms with Crippen LogP contribution >= 0.6 is 0 Å². The van der Waals surface area contributed by atoms with E-state index in [0.29, 0.717) is 6.04 Å². The van der Waals surface area contributed by atoms with Crippen molar-refractivity contribution in [1.82, 2.24) is 15.1 Å². The van der Waals surface area contributed by atoms with Crippen LogP contribution in [0, 0.1) is 0 Å². The number of nitrogens with one attached hydrogen (secondary N) is 1. The largest absolute Gasteiger partial charge is 0.467 e. The topological polar surface area (TPSA) is 43.0 Å². The van der Waals surface area contributed by atoms with Crippen LogP contribution in [0.25, 0.3) is 11.1 Å². The van der Waals surface area contributed by atoms with Gasteiger partial charge in [0, 0.05) is 30.4 Å². The molecule has 2 rings (SSSR count). The highest BCUT2D eigenvalue weighted by atomic mass is 16.3. The van der Waals surface area contributed by atoms with Crippen molar-refractivity contribution in [2.24, 2.45) is 7.05 Å². The molecule has 0 aliphatic carbocycles. The summed E-state index contributed by atoms with van der Waals surface area (Å²) in [5.41, 5.74) is 3.44. The molecule has 1 N–H and O–H groups in total. The van der Waals surface area contributed by atoms with Crippen molar-refractivity contribution in [3.05, 3.63) is 30.0 Å². The van der Waals surface area contributed by atoms with Crippen molar-refractivity contribution < 1.29 is 4.42 Å². The van der Waals surface area contributed by atoms with Crippen LogP contribution in [0.15, 0.2) is 22.9 Å². The predicted octanol–water partition coefficient (Wildman–Crippen LogP) is 2.74. The summed E-state index contributed by atoms with van der Waals surface area (Å²) in [4.78, 5) is 0. The Bertz CT molecular complexity index is 511. The highest BCUT2D eigenvalue weighted by molar-refractivity contribution is 5.67. The number of rotatable bonds is 5. The number of aromatic nitrogens is 2. The molecule has 0 unspecified atom stereocenters. The third-order valence-electron chi connectivity index (χ3n) is 2.95. The molecule has 0 bridgehead atoms. The summed E-state index contributed by atoms with van der Waals surface area (Å²) in [7, 11) is 1.95.